The maximum atomic E-state index is 12.8. The SMILES string of the molecule is Cc1nc2n(n1)CCC[C@H]2NS(=O)(=O)c1ccc2c(c1)C(=O)NCC2. The van der Waals surface area contributed by atoms with Crippen LogP contribution < -0.4 is 10.0 Å². The molecule has 0 aliphatic carbocycles. The Kier molecular flexibility index (Phi) is 3.84. The van der Waals surface area contributed by atoms with Crippen LogP contribution in [0.4, 0.5) is 0 Å². The number of aryl methyl sites for hydroxylation is 2. The standard InChI is InChI=1S/C16H19N5O3S/c1-10-18-15-14(3-2-8-21(15)19-10)20-25(23,24)12-5-4-11-6-7-17-16(22)13(11)9-12/h4-5,9,14,20H,2-3,6-8H2,1H3,(H,17,22)/t14-/m1/s1. The number of nitrogens with one attached hydrogen (secondary N) is 2. The van der Waals surface area contributed by atoms with Crippen LogP contribution in [0.2, 0.25) is 0 Å². The highest BCUT2D eigenvalue weighted by Gasteiger charge is 2.29. The second-order valence-electron chi connectivity index (χ2n) is 6.38. The van der Waals surface area contributed by atoms with Crippen molar-refractivity contribution in [2.75, 3.05) is 6.54 Å². The van der Waals surface area contributed by atoms with Gasteiger partial charge < -0.3 is 5.32 Å². The summed E-state index contributed by atoms with van der Waals surface area (Å²) in [7, 11) is -3.76. The van der Waals surface area contributed by atoms with Gasteiger partial charge in [0.2, 0.25) is 10.0 Å². The summed E-state index contributed by atoms with van der Waals surface area (Å²) >= 11 is 0. The number of fused-ring (bicyclic) bond motifs is 2. The minimum atomic E-state index is -3.76. The Morgan fingerprint density at radius 2 is 2.20 bits per heavy atom. The minimum Gasteiger partial charge on any atom is -0.352 e. The Labute approximate surface area is 145 Å². The van der Waals surface area contributed by atoms with Crippen LogP contribution in [0, 0.1) is 6.92 Å². The maximum Gasteiger partial charge on any atom is 0.251 e. The lowest BCUT2D eigenvalue weighted by molar-refractivity contribution is 0.0945. The van der Waals surface area contributed by atoms with E-state index in [9.17, 15) is 13.2 Å². The van der Waals surface area contributed by atoms with Crippen molar-refractivity contribution >= 4 is 15.9 Å². The van der Waals surface area contributed by atoms with Crippen molar-refractivity contribution in [3.8, 4) is 0 Å². The molecular weight excluding hydrogens is 342 g/mol. The molecule has 2 N–H and O–H groups in total. The van der Waals surface area contributed by atoms with E-state index in [1.54, 1.807) is 23.7 Å². The first-order chi connectivity index (χ1) is 11.9. The molecule has 4 rings (SSSR count). The van der Waals surface area contributed by atoms with Gasteiger partial charge in [-0.3, -0.25) is 4.79 Å². The highest BCUT2D eigenvalue weighted by Crippen LogP contribution is 2.26. The Bertz CT molecular complexity index is 951. The van der Waals surface area contributed by atoms with E-state index in [-0.39, 0.29) is 10.8 Å². The first-order valence-corrected chi connectivity index (χ1v) is 9.77. The predicted molar refractivity (Wildman–Crippen MR) is 89.5 cm³/mol. The number of nitrogens with zero attached hydrogens (tertiary/aromatic N) is 3. The average molecular weight is 361 g/mol. The summed E-state index contributed by atoms with van der Waals surface area (Å²) in [4.78, 5) is 16.4. The van der Waals surface area contributed by atoms with Gasteiger partial charge in [-0.2, -0.15) is 5.10 Å². The molecule has 1 amide bonds. The molecule has 25 heavy (non-hydrogen) atoms. The number of amides is 1. The van der Waals surface area contributed by atoms with Gasteiger partial charge >= 0.3 is 0 Å². The van der Waals surface area contributed by atoms with Crippen molar-refractivity contribution in [1.29, 1.82) is 0 Å². The van der Waals surface area contributed by atoms with E-state index in [0.29, 0.717) is 36.6 Å². The normalized spacial score (nSPS) is 19.9. The molecule has 9 heteroatoms. The number of rotatable bonds is 3. The van der Waals surface area contributed by atoms with E-state index in [2.05, 4.69) is 20.1 Å². The zero-order valence-electron chi connectivity index (χ0n) is 13.8. The van der Waals surface area contributed by atoms with Crippen LogP contribution in [0.25, 0.3) is 0 Å². The van der Waals surface area contributed by atoms with Crippen molar-refractivity contribution in [1.82, 2.24) is 24.8 Å². The molecule has 132 valence electrons. The van der Waals surface area contributed by atoms with Gasteiger partial charge in [0, 0.05) is 18.7 Å². The molecule has 8 nitrogen and oxygen atoms in total. The Hall–Kier alpha value is -2.26. The van der Waals surface area contributed by atoms with Gasteiger partial charge in [-0.1, -0.05) is 6.07 Å². The minimum absolute atomic E-state index is 0.0941. The number of carbonyl (C=O) groups is 1. The number of aromatic nitrogens is 3. The summed E-state index contributed by atoms with van der Waals surface area (Å²) in [6.45, 7) is 3.11. The third-order valence-electron chi connectivity index (χ3n) is 4.59. The Morgan fingerprint density at radius 1 is 1.36 bits per heavy atom. The van der Waals surface area contributed by atoms with Gasteiger partial charge in [-0.25, -0.2) is 22.8 Å². The number of benzene rings is 1. The van der Waals surface area contributed by atoms with Crippen LogP contribution in [0.5, 0.6) is 0 Å². The molecule has 1 aromatic carbocycles. The van der Waals surface area contributed by atoms with Crippen molar-refractivity contribution in [2.24, 2.45) is 0 Å². The molecule has 3 heterocycles. The van der Waals surface area contributed by atoms with Crippen molar-refractivity contribution < 1.29 is 13.2 Å². The summed E-state index contributed by atoms with van der Waals surface area (Å²) in [5, 5.41) is 7.03. The number of hydrogen-bond donors (Lipinski definition) is 2. The third-order valence-corrected chi connectivity index (χ3v) is 6.06. The summed E-state index contributed by atoms with van der Waals surface area (Å²) in [5.41, 5.74) is 1.30. The second kappa shape index (κ2) is 5.92. The van der Waals surface area contributed by atoms with Crippen molar-refractivity contribution in [3.05, 3.63) is 41.0 Å². The van der Waals surface area contributed by atoms with Gasteiger partial charge in [-0.05, 0) is 43.9 Å². The molecule has 0 bridgehead atoms. The van der Waals surface area contributed by atoms with Gasteiger partial charge in [0.1, 0.15) is 11.6 Å². The fourth-order valence-corrected chi connectivity index (χ4v) is 4.65. The lowest BCUT2D eigenvalue weighted by Gasteiger charge is -2.23. The monoisotopic (exact) mass is 361 g/mol. The van der Waals surface area contributed by atoms with Gasteiger partial charge in [0.15, 0.2) is 0 Å². The first-order valence-electron chi connectivity index (χ1n) is 8.29. The highest BCUT2D eigenvalue weighted by atomic mass is 32.2. The quantitative estimate of drug-likeness (QED) is 0.836. The van der Waals surface area contributed by atoms with E-state index >= 15 is 0 Å². The molecule has 0 radical (unpaired) electrons. The smallest absolute Gasteiger partial charge is 0.251 e. The summed E-state index contributed by atoms with van der Waals surface area (Å²) in [5.74, 6) is 1.04. The zero-order valence-corrected chi connectivity index (χ0v) is 14.6. The van der Waals surface area contributed by atoms with Gasteiger partial charge in [0.05, 0.1) is 10.9 Å². The molecule has 1 aromatic heterocycles. The van der Waals surface area contributed by atoms with Crippen LogP contribution in [0.3, 0.4) is 0 Å². The van der Waals surface area contributed by atoms with Crippen LogP contribution in [0.1, 0.15) is 46.5 Å². The molecule has 0 spiro atoms. The van der Waals surface area contributed by atoms with E-state index in [1.807, 2.05) is 0 Å². The number of sulfonamides is 1. The second-order valence-corrected chi connectivity index (χ2v) is 8.10. The Morgan fingerprint density at radius 3 is 3.04 bits per heavy atom. The van der Waals surface area contributed by atoms with E-state index < -0.39 is 16.1 Å². The fourth-order valence-electron chi connectivity index (χ4n) is 3.39. The van der Waals surface area contributed by atoms with E-state index in [4.69, 9.17) is 0 Å². The highest BCUT2D eigenvalue weighted by molar-refractivity contribution is 7.89. The molecule has 0 saturated heterocycles. The summed E-state index contributed by atoms with van der Waals surface area (Å²) < 4.78 is 30.1. The van der Waals surface area contributed by atoms with E-state index in [0.717, 1.165) is 18.5 Å². The lowest BCUT2D eigenvalue weighted by Crippen LogP contribution is -2.34. The van der Waals surface area contributed by atoms with Gasteiger partial charge in [-0.15, -0.1) is 0 Å². The van der Waals surface area contributed by atoms with Crippen LogP contribution >= 0.6 is 0 Å². The molecule has 2 aromatic rings. The Balaban J connectivity index is 1.65. The molecule has 0 fully saturated rings. The molecular formula is C16H19N5O3S. The largest absolute Gasteiger partial charge is 0.352 e. The number of hydrogen-bond acceptors (Lipinski definition) is 5. The molecule has 0 unspecified atom stereocenters. The average Bonchev–Trinajstić information content (AvgIpc) is 2.96. The van der Waals surface area contributed by atoms with Crippen LogP contribution in [0.15, 0.2) is 23.1 Å². The predicted octanol–water partition coefficient (Wildman–Crippen LogP) is 0.686. The first kappa shape index (κ1) is 16.2. The van der Waals surface area contributed by atoms with Crippen molar-refractivity contribution in [2.45, 2.75) is 43.7 Å². The molecule has 0 saturated carbocycles. The number of carbonyl (C=O) groups excluding carboxylic acids is 1. The zero-order chi connectivity index (χ0) is 17.6. The van der Waals surface area contributed by atoms with E-state index in [1.165, 1.54) is 6.07 Å². The summed E-state index contributed by atoms with van der Waals surface area (Å²) in [6.07, 6.45) is 2.21. The lowest BCUT2D eigenvalue weighted by atomic mass is 10.0. The molecule has 2 aliphatic rings. The molecule has 1 atom stereocenters. The molecule has 2 aliphatic heterocycles. The van der Waals surface area contributed by atoms with Gasteiger partial charge in [0.25, 0.3) is 5.91 Å². The van der Waals surface area contributed by atoms with Crippen LogP contribution in [-0.4, -0.2) is 35.6 Å². The summed E-state index contributed by atoms with van der Waals surface area (Å²) in [6, 6.07) is 4.31. The van der Waals surface area contributed by atoms with Crippen molar-refractivity contribution in [3.63, 3.8) is 0 Å². The van der Waals surface area contributed by atoms with Crippen LogP contribution in [-0.2, 0) is 23.0 Å². The topological polar surface area (TPSA) is 106 Å². The third kappa shape index (κ3) is 2.93. The maximum absolute atomic E-state index is 12.8. The fraction of sp³-hybridized carbons (Fsp3) is 0.438.